The van der Waals surface area contributed by atoms with Crippen LogP contribution in [-0.2, 0) is 0 Å². The highest BCUT2D eigenvalue weighted by molar-refractivity contribution is 7.80. The Bertz CT molecular complexity index is 1130. The molecule has 4 bridgehead atoms. The van der Waals surface area contributed by atoms with Crippen LogP contribution >= 0.6 is 24.4 Å². The fourth-order valence-electron chi connectivity index (χ4n) is 7.44. The van der Waals surface area contributed by atoms with Crippen molar-refractivity contribution >= 4 is 46.0 Å². The molecule has 4 saturated carbocycles. The highest BCUT2D eigenvalue weighted by Crippen LogP contribution is 2.45. The maximum atomic E-state index is 5.73. The number of methoxy groups -OCH3 is 2. The molecule has 4 N–H and O–H groups in total. The van der Waals surface area contributed by atoms with Gasteiger partial charge in [0.1, 0.15) is 11.5 Å². The minimum atomic E-state index is 0.495. The van der Waals surface area contributed by atoms with E-state index in [1.165, 1.54) is 51.4 Å². The molecule has 202 valence electrons. The Morgan fingerprint density at radius 2 is 1.11 bits per heavy atom. The number of thiocarbonyl (C=S) groups is 2. The molecule has 0 radical (unpaired) electrons. The van der Waals surface area contributed by atoms with Crippen molar-refractivity contribution in [1.29, 1.82) is 0 Å². The molecule has 0 saturated heterocycles. The second-order valence-corrected chi connectivity index (χ2v) is 12.4. The molecular formula is C30H38N4O2S2. The third-order valence-corrected chi connectivity index (χ3v) is 9.78. The topological polar surface area (TPSA) is 66.6 Å². The van der Waals surface area contributed by atoms with Gasteiger partial charge in [-0.2, -0.15) is 0 Å². The zero-order valence-electron chi connectivity index (χ0n) is 22.2. The van der Waals surface area contributed by atoms with Gasteiger partial charge in [-0.05, 0) is 122 Å². The first-order valence-electron chi connectivity index (χ1n) is 14.0. The molecule has 0 aromatic heterocycles. The average molecular weight is 551 g/mol. The number of rotatable bonds is 7. The van der Waals surface area contributed by atoms with Crippen LogP contribution in [0.3, 0.4) is 0 Å². The summed E-state index contributed by atoms with van der Waals surface area (Å²) in [5.74, 6) is 4.77. The first-order valence-corrected chi connectivity index (χ1v) is 14.8. The number of hydrogen-bond acceptors (Lipinski definition) is 4. The predicted molar refractivity (Wildman–Crippen MR) is 162 cm³/mol. The second kappa shape index (κ2) is 10.9. The standard InChI is InChI=1S/C30H38N4O2S2/c1-35-27-15-19(7-9-23(27)31-29(37)33-25-13-17-3-5-21(25)11-17)20-8-10-24(28(16-20)36-2)32-30(38)34-26-14-18-4-6-22(26)12-18/h7-10,15-18,21-22,25-26H,3-6,11-14H2,1-2H3,(H2,31,33,37)(H2,32,34,38)/t17-,18-,21-,22-,25-,26+/m1/s1. The summed E-state index contributed by atoms with van der Waals surface area (Å²) in [5, 5.41) is 15.1. The predicted octanol–water partition coefficient (Wildman–Crippen LogP) is 6.32. The average Bonchev–Trinajstić information content (AvgIpc) is 3.72. The van der Waals surface area contributed by atoms with E-state index >= 15 is 0 Å². The lowest BCUT2D eigenvalue weighted by Crippen LogP contribution is -2.40. The van der Waals surface area contributed by atoms with Gasteiger partial charge < -0.3 is 30.7 Å². The third-order valence-electron chi connectivity index (χ3n) is 9.34. The summed E-state index contributed by atoms with van der Waals surface area (Å²) >= 11 is 11.3. The van der Waals surface area contributed by atoms with E-state index in [-0.39, 0.29) is 0 Å². The number of hydrogen-bond donors (Lipinski definition) is 4. The van der Waals surface area contributed by atoms with Crippen molar-refractivity contribution in [3.8, 4) is 22.6 Å². The molecule has 6 atom stereocenters. The van der Waals surface area contributed by atoms with Crippen molar-refractivity contribution in [2.75, 3.05) is 24.9 Å². The Morgan fingerprint density at radius 1 is 0.658 bits per heavy atom. The highest BCUT2D eigenvalue weighted by Gasteiger charge is 2.40. The molecule has 0 heterocycles. The van der Waals surface area contributed by atoms with Crippen LogP contribution in [0.2, 0.25) is 0 Å². The van der Waals surface area contributed by atoms with Gasteiger partial charge >= 0.3 is 0 Å². The number of anilines is 2. The molecule has 0 amide bonds. The fourth-order valence-corrected chi connectivity index (χ4v) is 7.97. The summed E-state index contributed by atoms with van der Waals surface area (Å²) in [4.78, 5) is 0. The molecule has 0 unspecified atom stereocenters. The number of nitrogens with one attached hydrogen (secondary N) is 4. The van der Waals surface area contributed by atoms with Crippen LogP contribution < -0.4 is 30.7 Å². The summed E-state index contributed by atoms with van der Waals surface area (Å²) in [6.45, 7) is 0. The van der Waals surface area contributed by atoms with E-state index in [0.717, 1.165) is 57.7 Å². The van der Waals surface area contributed by atoms with Gasteiger partial charge in [0.25, 0.3) is 0 Å². The molecular weight excluding hydrogens is 512 g/mol. The number of ether oxygens (including phenoxy) is 2. The molecule has 8 heteroatoms. The molecule has 2 aromatic rings. The first-order chi connectivity index (χ1) is 18.5. The van der Waals surface area contributed by atoms with E-state index in [1.807, 2.05) is 24.3 Å². The van der Waals surface area contributed by atoms with Crippen molar-refractivity contribution in [1.82, 2.24) is 10.6 Å². The van der Waals surface area contributed by atoms with Crippen molar-refractivity contribution in [2.45, 2.75) is 63.5 Å². The van der Waals surface area contributed by atoms with Crippen molar-refractivity contribution in [2.24, 2.45) is 23.7 Å². The Morgan fingerprint density at radius 3 is 1.45 bits per heavy atom. The van der Waals surface area contributed by atoms with E-state index in [9.17, 15) is 0 Å². The van der Waals surface area contributed by atoms with Gasteiger partial charge in [0, 0.05) is 12.1 Å². The second-order valence-electron chi connectivity index (χ2n) is 11.6. The lowest BCUT2D eigenvalue weighted by Gasteiger charge is -2.25. The molecule has 4 fully saturated rings. The minimum Gasteiger partial charge on any atom is -0.495 e. The summed E-state index contributed by atoms with van der Waals surface area (Å²) in [6, 6.07) is 13.3. The molecule has 6 nitrogen and oxygen atoms in total. The third kappa shape index (κ3) is 5.30. The van der Waals surface area contributed by atoms with Crippen molar-refractivity contribution in [3.63, 3.8) is 0 Å². The number of fused-ring (bicyclic) bond motifs is 4. The van der Waals surface area contributed by atoms with Gasteiger partial charge in [-0.1, -0.05) is 25.0 Å². The monoisotopic (exact) mass is 550 g/mol. The van der Waals surface area contributed by atoms with Crippen LogP contribution in [0.5, 0.6) is 11.5 Å². The maximum Gasteiger partial charge on any atom is 0.171 e. The maximum absolute atomic E-state index is 5.73. The Labute approximate surface area is 236 Å². The highest BCUT2D eigenvalue weighted by atomic mass is 32.1. The lowest BCUT2D eigenvalue weighted by molar-refractivity contribution is 0.391. The normalized spacial score (nSPS) is 28.7. The molecule has 4 aliphatic rings. The summed E-state index contributed by atoms with van der Waals surface area (Å²) in [6.07, 6.45) is 10.6. The van der Waals surface area contributed by atoms with Crippen molar-refractivity contribution < 1.29 is 9.47 Å². The van der Waals surface area contributed by atoms with Crippen LogP contribution in [-0.4, -0.2) is 36.5 Å². The largest absolute Gasteiger partial charge is 0.495 e. The van der Waals surface area contributed by atoms with E-state index in [0.29, 0.717) is 22.3 Å². The van der Waals surface area contributed by atoms with Gasteiger partial charge in [0.15, 0.2) is 10.2 Å². The van der Waals surface area contributed by atoms with E-state index in [2.05, 4.69) is 33.4 Å². The Kier molecular flexibility index (Phi) is 7.36. The van der Waals surface area contributed by atoms with Gasteiger partial charge in [0.2, 0.25) is 0 Å². The van der Waals surface area contributed by atoms with E-state index < -0.39 is 0 Å². The van der Waals surface area contributed by atoms with Crippen LogP contribution in [0.1, 0.15) is 51.4 Å². The zero-order chi connectivity index (χ0) is 26.2. The lowest BCUT2D eigenvalue weighted by atomic mass is 9.95. The van der Waals surface area contributed by atoms with Crippen molar-refractivity contribution in [3.05, 3.63) is 36.4 Å². The minimum absolute atomic E-state index is 0.495. The smallest absolute Gasteiger partial charge is 0.171 e. The molecule has 2 aromatic carbocycles. The Hall–Kier alpha value is -2.58. The molecule has 6 rings (SSSR count). The summed E-state index contributed by atoms with van der Waals surface area (Å²) in [5.41, 5.74) is 3.79. The SMILES string of the molecule is COc1cc(-c2ccc(NC(=S)N[C@@H]3C[C@@H]4CC[C@@H]3C4)c(OC)c2)ccc1NC(=S)N[C@H]1C[C@@H]2CC[C@@H]1C2. The van der Waals surface area contributed by atoms with E-state index in [1.54, 1.807) is 14.2 Å². The van der Waals surface area contributed by atoms with Gasteiger partial charge in [0.05, 0.1) is 25.6 Å². The zero-order valence-corrected chi connectivity index (χ0v) is 23.9. The Balaban J connectivity index is 1.11. The summed E-state index contributed by atoms with van der Waals surface area (Å²) < 4.78 is 11.5. The molecule has 0 spiro atoms. The molecule has 0 aliphatic heterocycles. The molecule has 4 aliphatic carbocycles. The van der Waals surface area contributed by atoms with Gasteiger partial charge in [-0.3, -0.25) is 0 Å². The van der Waals surface area contributed by atoms with Gasteiger partial charge in [-0.15, -0.1) is 0 Å². The van der Waals surface area contributed by atoms with Gasteiger partial charge in [-0.25, -0.2) is 0 Å². The van der Waals surface area contributed by atoms with Crippen LogP contribution in [0, 0.1) is 23.7 Å². The quantitative estimate of drug-likeness (QED) is 0.299. The fraction of sp³-hybridized carbons (Fsp3) is 0.533. The van der Waals surface area contributed by atoms with Crippen LogP contribution in [0.4, 0.5) is 11.4 Å². The van der Waals surface area contributed by atoms with E-state index in [4.69, 9.17) is 33.9 Å². The van der Waals surface area contributed by atoms with Crippen LogP contribution in [0.15, 0.2) is 36.4 Å². The first kappa shape index (κ1) is 25.7. The molecule has 38 heavy (non-hydrogen) atoms. The number of benzene rings is 2. The summed E-state index contributed by atoms with van der Waals surface area (Å²) in [7, 11) is 3.38. The van der Waals surface area contributed by atoms with Crippen LogP contribution in [0.25, 0.3) is 11.1 Å².